The molecule has 0 aromatic heterocycles. The van der Waals surface area contributed by atoms with Crippen LogP contribution >= 0.6 is 12.4 Å². The summed E-state index contributed by atoms with van der Waals surface area (Å²) in [6, 6.07) is 7.97. The van der Waals surface area contributed by atoms with Gasteiger partial charge in [-0.1, -0.05) is 12.1 Å². The van der Waals surface area contributed by atoms with Crippen LogP contribution in [0.1, 0.15) is 31.7 Å². The first-order valence-corrected chi connectivity index (χ1v) is 8.85. The van der Waals surface area contributed by atoms with Gasteiger partial charge in [0.25, 0.3) is 0 Å². The van der Waals surface area contributed by atoms with Gasteiger partial charge < -0.3 is 20.1 Å². The molecule has 1 aromatic carbocycles. The lowest BCUT2D eigenvalue weighted by Crippen LogP contribution is -2.47. The predicted octanol–water partition coefficient (Wildman–Crippen LogP) is 2.57. The molecule has 1 aliphatic heterocycles. The van der Waals surface area contributed by atoms with Crippen molar-refractivity contribution in [2.24, 2.45) is 5.41 Å². The van der Waals surface area contributed by atoms with Gasteiger partial charge in [0, 0.05) is 25.5 Å². The Morgan fingerprint density at radius 1 is 1.24 bits per heavy atom. The monoisotopic (exact) mass is 370 g/mol. The number of nitrogens with one attached hydrogen (secondary N) is 2. The number of ether oxygens (including phenoxy) is 2. The molecule has 1 heterocycles. The molecule has 2 rings (SSSR count). The molecule has 6 heteroatoms. The van der Waals surface area contributed by atoms with Gasteiger partial charge in [-0.3, -0.25) is 4.79 Å². The zero-order valence-corrected chi connectivity index (χ0v) is 16.1. The van der Waals surface area contributed by atoms with E-state index in [-0.39, 0.29) is 23.7 Å². The zero-order chi connectivity index (χ0) is 17.3. The van der Waals surface area contributed by atoms with Gasteiger partial charge in [-0.2, -0.15) is 0 Å². The topological polar surface area (TPSA) is 59.6 Å². The highest BCUT2D eigenvalue weighted by Crippen LogP contribution is 2.28. The molecule has 0 saturated carbocycles. The van der Waals surface area contributed by atoms with E-state index < -0.39 is 0 Å². The number of hydrogen-bond donors (Lipinski definition) is 2. The van der Waals surface area contributed by atoms with E-state index in [9.17, 15) is 4.79 Å². The molecule has 5 nitrogen and oxygen atoms in total. The minimum atomic E-state index is 0. The molecule has 2 N–H and O–H groups in total. The van der Waals surface area contributed by atoms with Gasteiger partial charge in [0.2, 0.25) is 5.91 Å². The van der Waals surface area contributed by atoms with Crippen LogP contribution < -0.4 is 15.4 Å². The summed E-state index contributed by atoms with van der Waals surface area (Å²) in [5.74, 6) is 0.982. The summed E-state index contributed by atoms with van der Waals surface area (Å²) >= 11 is 0. The molecule has 0 unspecified atom stereocenters. The van der Waals surface area contributed by atoms with Crippen molar-refractivity contribution >= 4 is 18.3 Å². The van der Waals surface area contributed by atoms with Gasteiger partial charge in [0.15, 0.2) is 0 Å². The van der Waals surface area contributed by atoms with Gasteiger partial charge in [-0.05, 0) is 57.0 Å². The third kappa shape index (κ3) is 7.22. The van der Waals surface area contributed by atoms with Crippen molar-refractivity contribution in [3.8, 4) is 5.75 Å². The van der Waals surface area contributed by atoms with Crippen LogP contribution in [0.4, 0.5) is 0 Å². The Morgan fingerprint density at radius 3 is 2.52 bits per heavy atom. The van der Waals surface area contributed by atoms with Crippen molar-refractivity contribution in [3.05, 3.63) is 29.8 Å². The third-order valence-electron chi connectivity index (χ3n) is 4.65. The molecule has 1 fully saturated rings. The fourth-order valence-electron chi connectivity index (χ4n) is 3.19. The molecular formula is C19H31ClN2O3. The Kier molecular flexibility index (Phi) is 9.86. The summed E-state index contributed by atoms with van der Waals surface area (Å²) in [6.45, 7) is 6.02. The van der Waals surface area contributed by atoms with E-state index in [0.29, 0.717) is 26.2 Å². The average Bonchev–Trinajstić information content (AvgIpc) is 2.61. The smallest absolute Gasteiger partial charge is 0.220 e. The van der Waals surface area contributed by atoms with Crippen LogP contribution in [0, 0.1) is 5.41 Å². The van der Waals surface area contributed by atoms with Crippen molar-refractivity contribution < 1.29 is 14.3 Å². The van der Waals surface area contributed by atoms with Crippen molar-refractivity contribution in [3.63, 3.8) is 0 Å². The van der Waals surface area contributed by atoms with Crippen LogP contribution in [0.5, 0.6) is 5.75 Å². The van der Waals surface area contributed by atoms with Gasteiger partial charge in [0.1, 0.15) is 5.75 Å². The summed E-state index contributed by atoms with van der Waals surface area (Å²) in [6.07, 6.45) is 3.34. The summed E-state index contributed by atoms with van der Waals surface area (Å²) < 4.78 is 10.8. The summed E-state index contributed by atoms with van der Waals surface area (Å²) in [5.41, 5.74) is 1.23. The number of halogens is 1. The fraction of sp³-hybridized carbons (Fsp3) is 0.632. The number of piperidine rings is 1. The first kappa shape index (κ1) is 21.7. The number of carbonyl (C=O) groups excluding carboxylic acids is 1. The van der Waals surface area contributed by atoms with Crippen LogP contribution in [-0.4, -0.2) is 45.9 Å². The lowest BCUT2D eigenvalue weighted by molar-refractivity contribution is -0.122. The second kappa shape index (κ2) is 11.3. The highest BCUT2D eigenvalue weighted by Gasteiger charge is 2.32. The Morgan fingerprint density at radius 2 is 1.92 bits per heavy atom. The minimum absolute atomic E-state index is 0. The molecule has 25 heavy (non-hydrogen) atoms. The largest absolute Gasteiger partial charge is 0.494 e. The summed E-state index contributed by atoms with van der Waals surface area (Å²) in [7, 11) is 1.73. The van der Waals surface area contributed by atoms with Gasteiger partial charge in [0.05, 0.1) is 13.2 Å². The van der Waals surface area contributed by atoms with Crippen molar-refractivity contribution in [1.82, 2.24) is 10.6 Å². The SMILES string of the molecule is CCOc1ccc(CCC(=O)NCC2(COC)CCNCC2)cc1.Cl. The lowest BCUT2D eigenvalue weighted by Gasteiger charge is -2.37. The number of carbonyl (C=O) groups is 1. The van der Waals surface area contributed by atoms with E-state index in [4.69, 9.17) is 9.47 Å². The molecule has 1 saturated heterocycles. The molecular weight excluding hydrogens is 340 g/mol. The van der Waals surface area contributed by atoms with Crippen LogP contribution in [0.25, 0.3) is 0 Å². The number of rotatable bonds is 9. The summed E-state index contributed by atoms with van der Waals surface area (Å²) in [5, 5.41) is 6.48. The third-order valence-corrected chi connectivity index (χ3v) is 4.65. The predicted molar refractivity (Wildman–Crippen MR) is 103 cm³/mol. The second-order valence-electron chi connectivity index (χ2n) is 6.54. The van der Waals surface area contributed by atoms with Crippen molar-refractivity contribution in [2.75, 3.05) is 40.0 Å². The summed E-state index contributed by atoms with van der Waals surface area (Å²) in [4.78, 5) is 12.2. The molecule has 0 spiro atoms. The van der Waals surface area contributed by atoms with Crippen LogP contribution in [0.3, 0.4) is 0 Å². The van der Waals surface area contributed by atoms with Gasteiger partial charge in [-0.25, -0.2) is 0 Å². The number of amides is 1. The zero-order valence-electron chi connectivity index (χ0n) is 15.3. The van der Waals surface area contributed by atoms with E-state index in [2.05, 4.69) is 10.6 Å². The van der Waals surface area contributed by atoms with Crippen LogP contribution in [0.2, 0.25) is 0 Å². The number of hydrogen-bond acceptors (Lipinski definition) is 4. The highest BCUT2D eigenvalue weighted by molar-refractivity contribution is 5.85. The molecule has 1 amide bonds. The maximum absolute atomic E-state index is 12.2. The fourth-order valence-corrected chi connectivity index (χ4v) is 3.19. The van der Waals surface area contributed by atoms with Crippen LogP contribution in [0.15, 0.2) is 24.3 Å². The molecule has 142 valence electrons. The van der Waals surface area contributed by atoms with E-state index >= 15 is 0 Å². The van der Waals surface area contributed by atoms with E-state index in [0.717, 1.165) is 43.7 Å². The quantitative estimate of drug-likeness (QED) is 0.701. The molecule has 0 aliphatic carbocycles. The van der Waals surface area contributed by atoms with Gasteiger partial charge >= 0.3 is 0 Å². The Hall–Kier alpha value is -1.30. The molecule has 1 aliphatic rings. The Bertz CT molecular complexity index is 496. The van der Waals surface area contributed by atoms with E-state index in [1.54, 1.807) is 7.11 Å². The maximum atomic E-state index is 12.2. The standard InChI is InChI=1S/C19H30N2O3.ClH/c1-3-24-17-7-4-16(5-8-17)6-9-18(22)21-14-19(15-23-2)10-12-20-13-11-19;/h4-5,7-8,20H,3,6,9-15H2,1-2H3,(H,21,22);1H. The molecule has 0 atom stereocenters. The normalized spacial score (nSPS) is 15.9. The first-order valence-electron chi connectivity index (χ1n) is 8.85. The highest BCUT2D eigenvalue weighted by atomic mass is 35.5. The number of aryl methyl sites for hydroxylation is 1. The Balaban J connectivity index is 0.00000312. The number of methoxy groups -OCH3 is 1. The average molecular weight is 371 g/mol. The Labute approximate surface area is 157 Å². The van der Waals surface area contributed by atoms with E-state index in [1.807, 2.05) is 31.2 Å². The molecule has 1 aromatic rings. The van der Waals surface area contributed by atoms with Crippen molar-refractivity contribution in [2.45, 2.75) is 32.6 Å². The van der Waals surface area contributed by atoms with E-state index in [1.165, 1.54) is 0 Å². The number of benzene rings is 1. The molecule has 0 bridgehead atoms. The van der Waals surface area contributed by atoms with Crippen molar-refractivity contribution in [1.29, 1.82) is 0 Å². The lowest BCUT2D eigenvalue weighted by atomic mass is 9.79. The second-order valence-corrected chi connectivity index (χ2v) is 6.54. The first-order chi connectivity index (χ1) is 11.7. The minimum Gasteiger partial charge on any atom is -0.494 e. The maximum Gasteiger partial charge on any atom is 0.220 e. The van der Waals surface area contributed by atoms with Crippen LogP contribution in [-0.2, 0) is 16.0 Å². The van der Waals surface area contributed by atoms with Gasteiger partial charge in [-0.15, -0.1) is 12.4 Å². The molecule has 0 radical (unpaired) electrons.